The van der Waals surface area contributed by atoms with Crippen molar-refractivity contribution in [3.05, 3.63) is 39.9 Å². The Balaban J connectivity index is 2.34. The maximum Gasteiger partial charge on any atom is 0.329 e. The number of ether oxygens (including phenoxy) is 2. The quantitative estimate of drug-likeness (QED) is 0.351. The molecule has 0 saturated carbocycles. The Hall–Kier alpha value is -3.50. The van der Waals surface area contributed by atoms with Crippen LogP contribution >= 0.6 is 0 Å². The van der Waals surface area contributed by atoms with Crippen molar-refractivity contribution in [2.75, 3.05) is 14.2 Å². The van der Waals surface area contributed by atoms with Crippen LogP contribution in [-0.2, 0) is 28.7 Å². The number of non-ortho nitro benzene ring substituents is 1. The third-order valence-electron chi connectivity index (χ3n) is 4.61. The van der Waals surface area contributed by atoms with Crippen LogP contribution in [0.2, 0.25) is 0 Å². The predicted molar refractivity (Wildman–Crippen MR) is 97.6 cm³/mol. The van der Waals surface area contributed by atoms with E-state index >= 15 is 0 Å². The molecular weight excluding hydrogens is 386 g/mol. The lowest BCUT2D eigenvalue weighted by molar-refractivity contribution is -0.384. The third-order valence-corrected chi connectivity index (χ3v) is 4.61. The summed E-state index contributed by atoms with van der Waals surface area (Å²) in [6.07, 6.45) is 0.179. The average molecular weight is 407 g/mol. The minimum absolute atomic E-state index is 0.169. The van der Waals surface area contributed by atoms with Gasteiger partial charge in [0.1, 0.15) is 12.1 Å². The van der Waals surface area contributed by atoms with E-state index in [0.29, 0.717) is 5.56 Å². The molecule has 1 aromatic rings. The van der Waals surface area contributed by atoms with E-state index in [-0.39, 0.29) is 30.9 Å². The van der Waals surface area contributed by atoms with E-state index in [1.54, 1.807) is 0 Å². The fourth-order valence-electron chi connectivity index (χ4n) is 3.05. The van der Waals surface area contributed by atoms with Gasteiger partial charge in [-0.2, -0.15) is 0 Å². The van der Waals surface area contributed by atoms with E-state index in [9.17, 15) is 29.3 Å². The second-order valence-corrected chi connectivity index (χ2v) is 6.40. The number of carbonyl (C=O) groups is 4. The topological polar surface area (TPSA) is 154 Å². The fourth-order valence-corrected chi connectivity index (χ4v) is 3.05. The number of benzene rings is 1. The minimum atomic E-state index is -1.27. The second kappa shape index (κ2) is 9.62. The first-order valence-electron chi connectivity index (χ1n) is 8.75. The summed E-state index contributed by atoms with van der Waals surface area (Å²) >= 11 is 0. The summed E-state index contributed by atoms with van der Waals surface area (Å²) in [5.74, 6) is -3.23. The van der Waals surface area contributed by atoms with Crippen molar-refractivity contribution >= 4 is 29.4 Å². The monoisotopic (exact) mass is 407 g/mol. The van der Waals surface area contributed by atoms with Crippen LogP contribution in [0, 0.1) is 10.1 Å². The molecule has 0 aliphatic carbocycles. The van der Waals surface area contributed by atoms with Gasteiger partial charge in [0, 0.05) is 24.5 Å². The highest BCUT2D eigenvalue weighted by Gasteiger charge is 2.37. The zero-order valence-electron chi connectivity index (χ0n) is 15.9. The Labute approximate surface area is 165 Å². The molecule has 0 aromatic heterocycles. The number of methoxy groups -OCH3 is 2. The lowest BCUT2D eigenvalue weighted by Crippen LogP contribution is -2.51. The van der Waals surface area contributed by atoms with E-state index in [0.717, 1.165) is 7.11 Å². The zero-order chi connectivity index (χ0) is 21.6. The smallest absolute Gasteiger partial charge is 0.329 e. The van der Waals surface area contributed by atoms with Gasteiger partial charge >= 0.3 is 11.9 Å². The molecule has 0 spiro atoms. The molecule has 2 N–H and O–H groups in total. The summed E-state index contributed by atoms with van der Waals surface area (Å²) in [6.45, 7) is 0. The van der Waals surface area contributed by atoms with Crippen LogP contribution in [0.3, 0.4) is 0 Å². The Morgan fingerprint density at radius 3 is 2.38 bits per heavy atom. The van der Waals surface area contributed by atoms with Gasteiger partial charge in [-0.3, -0.25) is 24.5 Å². The van der Waals surface area contributed by atoms with Crippen LogP contribution < -0.4 is 10.6 Å². The maximum atomic E-state index is 12.5. The number of rotatable bonds is 8. The molecule has 11 heteroatoms. The highest BCUT2D eigenvalue weighted by atomic mass is 16.6. The van der Waals surface area contributed by atoms with Crippen molar-refractivity contribution < 1.29 is 33.6 Å². The van der Waals surface area contributed by atoms with Gasteiger partial charge in [-0.05, 0) is 12.0 Å². The molecule has 1 aromatic carbocycles. The van der Waals surface area contributed by atoms with Crippen molar-refractivity contribution in [3.8, 4) is 0 Å². The molecule has 156 valence electrons. The number of amides is 2. The number of nitro groups is 1. The average Bonchev–Trinajstić information content (AvgIpc) is 3.16. The molecule has 1 fully saturated rings. The second-order valence-electron chi connectivity index (χ2n) is 6.40. The Bertz CT molecular complexity index is 808. The van der Waals surface area contributed by atoms with Gasteiger partial charge in [-0.15, -0.1) is 0 Å². The number of hydrogen-bond acceptors (Lipinski definition) is 8. The van der Waals surface area contributed by atoms with Gasteiger partial charge in [-0.25, -0.2) is 4.79 Å². The largest absolute Gasteiger partial charge is 0.469 e. The van der Waals surface area contributed by atoms with Crippen LogP contribution in [0.5, 0.6) is 0 Å². The summed E-state index contributed by atoms with van der Waals surface area (Å²) in [5, 5.41) is 15.9. The minimum Gasteiger partial charge on any atom is -0.469 e. The molecular formula is C18H21N3O8. The SMILES string of the molecule is COC(=O)C[C@@H](c1ccc([N+](=O)[O-])cc1)[C@@H](NC(=O)[C@@H]1CCC(=O)N1)C(=O)OC. The molecule has 1 saturated heterocycles. The summed E-state index contributed by atoms with van der Waals surface area (Å²) < 4.78 is 9.45. The first-order chi connectivity index (χ1) is 13.8. The van der Waals surface area contributed by atoms with Gasteiger partial charge in [-0.1, -0.05) is 12.1 Å². The van der Waals surface area contributed by atoms with Crippen LogP contribution in [0.4, 0.5) is 5.69 Å². The first kappa shape index (κ1) is 21.8. The normalized spacial score (nSPS) is 17.6. The standard InChI is InChI=1S/C18H21N3O8/c1-28-15(23)9-12(10-3-5-11(6-4-10)21(26)27)16(18(25)29-2)20-17(24)13-7-8-14(22)19-13/h3-6,12-13,16H,7-9H2,1-2H3,(H,19,22)(H,20,24)/t12-,13-,16+/m0/s1. The van der Waals surface area contributed by atoms with E-state index in [2.05, 4.69) is 15.4 Å². The van der Waals surface area contributed by atoms with E-state index in [1.165, 1.54) is 31.4 Å². The van der Waals surface area contributed by atoms with Crippen molar-refractivity contribution in [2.24, 2.45) is 0 Å². The molecule has 0 unspecified atom stereocenters. The van der Waals surface area contributed by atoms with Gasteiger partial charge in [0.05, 0.1) is 25.6 Å². The maximum absolute atomic E-state index is 12.5. The van der Waals surface area contributed by atoms with Crippen molar-refractivity contribution in [3.63, 3.8) is 0 Å². The van der Waals surface area contributed by atoms with E-state index < -0.39 is 40.8 Å². The van der Waals surface area contributed by atoms with E-state index in [1.807, 2.05) is 0 Å². The summed E-state index contributed by atoms with van der Waals surface area (Å²) in [5.41, 5.74) is 0.227. The van der Waals surface area contributed by atoms with Gasteiger partial charge in [0.2, 0.25) is 11.8 Å². The van der Waals surface area contributed by atoms with Crippen molar-refractivity contribution in [1.82, 2.24) is 10.6 Å². The highest BCUT2D eigenvalue weighted by molar-refractivity contribution is 5.93. The molecule has 29 heavy (non-hydrogen) atoms. The van der Waals surface area contributed by atoms with Crippen molar-refractivity contribution in [2.45, 2.75) is 37.3 Å². The van der Waals surface area contributed by atoms with Crippen LogP contribution in [0.1, 0.15) is 30.7 Å². The molecule has 3 atom stereocenters. The summed E-state index contributed by atoms with van der Waals surface area (Å²) in [4.78, 5) is 58.5. The molecule has 0 bridgehead atoms. The third kappa shape index (κ3) is 5.50. The van der Waals surface area contributed by atoms with Crippen LogP contribution in [0.25, 0.3) is 0 Å². The number of hydrogen-bond donors (Lipinski definition) is 2. The predicted octanol–water partition coefficient (Wildman–Crippen LogP) is 0.178. The Kier molecular flexibility index (Phi) is 7.23. The van der Waals surface area contributed by atoms with Crippen LogP contribution in [0.15, 0.2) is 24.3 Å². The number of esters is 2. The molecule has 2 amide bonds. The molecule has 0 radical (unpaired) electrons. The fraction of sp³-hybridized carbons (Fsp3) is 0.444. The Morgan fingerprint density at radius 1 is 1.24 bits per heavy atom. The summed E-state index contributed by atoms with van der Waals surface area (Å²) in [6, 6.07) is 3.17. The lowest BCUT2D eigenvalue weighted by Gasteiger charge is -2.27. The number of nitrogens with zero attached hydrogens (tertiary/aromatic N) is 1. The number of carbonyl (C=O) groups excluding carboxylic acids is 4. The molecule has 1 aliphatic heterocycles. The Morgan fingerprint density at radius 2 is 1.90 bits per heavy atom. The molecule has 11 nitrogen and oxygen atoms in total. The van der Waals surface area contributed by atoms with Crippen molar-refractivity contribution in [1.29, 1.82) is 0 Å². The number of nitro benzene ring substituents is 1. The van der Waals surface area contributed by atoms with Gasteiger partial charge < -0.3 is 20.1 Å². The molecule has 1 heterocycles. The number of nitrogens with one attached hydrogen (secondary N) is 2. The zero-order valence-corrected chi connectivity index (χ0v) is 15.9. The van der Waals surface area contributed by atoms with Gasteiger partial charge in [0.15, 0.2) is 0 Å². The van der Waals surface area contributed by atoms with E-state index in [4.69, 9.17) is 4.74 Å². The first-order valence-corrected chi connectivity index (χ1v) is 8.75. The lowest BCUT2D eigenvalue weighted by atomic mass is 9.88. The molecule has 2 rings (SSSR count). The summed E-state index contributed by atoms with van der Waals surface area (Å²) in [7, 11) is 2.30. The van der Waals surface area contributed by atoms with Gasteiger partial charge in [0.25, 0.3) is 5.69 Å². The highest BCUT2D eigenvalue weighted by Crippen LogP contribution is 2.27. The van der Waals surface area contributed by atoms with Crippen LogP contribution in [-0.4, -0.2) is 55.0 Å². The molecule has 1 aliphatic rings.